The van der Waals surface area contributed by atoms with Crippen LogP contribution in [-0.4, -0.2) is 37.8 Å². The summed E-state index contributed by atoms with van der Waals surface area (Å²) in [6, 6.07) is 24.8. The summed E-state index contributed by atoms with van der Waals surface area (Å²) in [5, 5.41) is 0. The van der Waals surface area contributed by atoms with Crippen LogP contribution in [0.4, 0.5) is 5.69 Å². The molecule has 1 atom stereocenters. The van der Waals surface area contributed by atoms with E-state index in [1.54, 1.807) is 27.4 Å². The number of piperidine rings is 1. The topological polar surface area (TPSA) is 57.7 Å². The van der Waals surface area contributed by atoms with Gasteiger partial charge in [-0.1, -0.05) is 48.5 Å². The van der Waals surface area contributed by atoms with Crippen molar-refractivity contribution in [2.45, 2.75) is 43.5 Å². The molecule has 34 heavy (non-hydrogen) atoms. The average Bonchev–Trinajstić information content (AvgIpc) is 3.20. The van der Waals surface area contributed by atoms with E-state index in [9.17, 15) is 13.2 Å². The van der Waals surface area contributed by atoms with Crippen molar-refractivity contribution in [2.75, 3.05) is 18.0 Å². The Morgan fingerprint density at radius 3 is 2.24 bits per heavy atom. The van der Waals surface area contributed by atoms with Crippen LogP contribution in [0.3, 0.4) is 0 Å². The summed E-state index contributed by atoms with van der Waals surface area (Å²) in [6.07, 6.45) is 3.39. The van der Waals surface area contributed by atoms with Gasteiger partial charge in [0.25, 0.3) is 5.91 Å². The van der Waals surface area contributed by atoms with Gasteiger partial charge in [0.2, 0.25) is 10.0 Å². The monoisotopic (exact) mass is 474 g/mol. The van der Waals surface area contributed by atoms with E-state index in [2.05, 4.69) is 24.3 Å². The molecule has 5 nitrogen and oxygen atoms in total. The lowest BCUT2D eigenvalue weighted by Crippen LogP contribution is -2.38. The molecular formula is C28H30N2O3S. The molecule has 0 spiro atoms. The van der Waals surface area contributed by atoms with Gasteiger partial charge in [-0.05, 0) is 80.0 Å². The first kappa shape index (κ1) is 22.8. The Kier molecular flexibility index (Phi) is 6.28. The van der Waals surface area contributed by atoms with E-state index in [4.69, 9.17) is 0 Å². The fourth-order valence-corrected chi connectivity index (χ4v) is 6.77. The van der Waals surface area contributed by atoms with Gasteiger partial charge in [0.15, 0.2) is 0 Å². The molecule has 0 radical (unpaired) electrons. The van der Waals surface area contributed by atoms with Crippen molar-refractivity contribution in [3.63, 3.8) is 0 Å². The van der Waals surface area contributed by atoms with Crippen LogP contribution >= 0.6 is 0 Å². The maximum absolute atomic E-state index is 13.4. The van der Waals surface area contributed by atoms with E-state index in [-0.39, 0.29) is 11.9 Å². The maximum atomic E-state index is 13.4. The summed E-state index contributed by atoms with van der Waals surface area (Å²) in [6.45, 7) is 3.10. The van der Waals surface area contributed by atoms with E-state index in [0.29, 0.717) is 35.9 Å². The normalized spacial score (nSPS) is 19.2. The van der Waals surface area contributed by atoms with Gasteiger partial charge in [0.05, 0.1) is 4.90 Å². The second-order valence-corrected chi connectivity index (χ2v) is 11.4. The number of hydrogen-bond acceptors (Lipinski definition) is 3. The fraction of sp³-hybridized carbons (Fsp3) is 0.321. The van der Waals surface area contributed by atoms with Crippen molar-refractivity contribution in [1.29, 1.82) is 0 Å². The van der Waals surface area contributed by atoms with Crippen LogP contribution in [0.25, 0.3) is 0 Å². The largest absolute Gasteiger partial charge is 0.305 e. The Balaban J connectivity index is 1.30. The molecular weight excluding hydrogens is 444 g/mol. The number of sulfonamides is 1. The first-order valence-electron chi connectivity index (χ1n) is 12.0. The number of amides is 1. The molecule has 1 saturated heterocycles. The SMILES string of the molecule is C[C@@H]1Cc2cc(S(=O)(=O)N3CCC(Cc4ccccc4)CC3)ccc2N1C(=O)c1ccccc1. The van der Waals surface area contributed by atoms with Gasteiger partial charge in [-0.3, -0.25) is 4.79 Å². The van der Waals surface area contributed by atoms with E-state index in [0.717, 1.165) is 30.5 Å². The van der Waals surface area contributed by atoms with Gasteiger partial charge in [-0.2, -0.15) is 4.31 Å². The van der Waals surface area contributed by atoms with Gasteiger partial charge in [0.1, 0.15) is 0 Å². The molecule has 0 aliphatic carbocycles. The predicted molar refractivity (Wildman–Crippen MR) is 134 cm³/mol. The van der Waals surface area contributed by atoms with Crippen molar-refractivity contribution in [2.24, 2.45) is 5.92 Å². The number of benzene rings is 3. The molecule has 0 unspecified atom stereocenters. The molecule has 5 rings (SSSR count). The zero-order valence-corrected chi connectivity index (χ0v) is 20.2. The molecule has 0 aromatic heterocycles. The third kappa shape index (κ3) is 4.40. The Hall–Kier alpha value is -2.96. The average molecular weight is 475 g/mol. The predicted octanol–water partition coefficient (Wildman–Crippen LogP) is 4.92. The molecule has 3 aromatic carbocycles. The number of fused-ring (bicyclic) bond motifs is 1. The highest BCUT2D eigenvalue weighted by Gasteiger charge is 2.34. The minimum atomic E-state index is -3.56. The lowest BCUT2D eigenvalue weighted by atomic mass is 9.91. The van der Waals surface area contributed by atoms with Crippen molar-refractivity contribution in [3.8, 4) is 0 Å². The molecule has 6 heteroatoms. The van der Waals surface area contributed by atoms with Crippen molar-refractivity contribution in [1.82, 2.24) is 4.31 Å². The number of rotatable bonds is 5. The number of carbonyl (C=O) groups excluding carboxylic acids is 1. The van der Waals surface area contributed by atoms with E-state index in [1.807, 2.05) is 43.3 Å². The van der Waals surface area contributed by atoms with Crippen LogP contribution in [0.15, 0.2) is 83.8 Å². The Morgan fingerprint density at radius 2 is 1.56 bits per heavy atom. The molecule has 2 aliphatic heterocycles. The molecule has 0 N–H and O–H groups in total. The van der Waals surface area contributed by atoms with Crippen LogP contribution < -0.4 is 4.90 Å². The summed E-state index contributed by atoms with van der Waals surface area (Å²) in [4.78, 5) is 15.2. The fourth-order valence-electron chi connectivity index (χ4n) is 5.25. The van der Waals surface area contributed by atoms with Crippen LogP contribution in [0.5, 0.6) is 0 Å². The second kappa shape index (κ2) is 9.35. The van der Waals surface area contributed by atoms with Crippen LogP contribution in [0, 0.1) is 5.92 Å². The van der Waals surface area contributed by atoms with Crippen LogP contribution in [0.1, 0.15) is 41.3 Å². The molecule has 1 amide bonds. The summed E-state index contributed by atoms with van der Waals surface area (Å²) in [7, 11) is -3.56. The van der Waals surface area contributed by atoms with Crippen LogP contribution in [-0.2, 0) is 22.9 Å². The highest BCUT2D eigenvalue weighted by molar-refractivity contribution is 7.89. The smallest absolute Gasteiger partial charge is 0.258 e. The van der Waals surface area contributed by atoms with Gasteiger partial charge < -0.3 is 4.90 Å². The summed E-state index contributed by atoms with van der Waals surface area (Å²) < 4.78 is 28.5. The minimum absolute atomic E-state index is 0.0191. The number of anilines is 1. The third-order valence-electron chi connectivity index (χ3n) is 7.08. The van der Waals surface area contributed by atoms with Crippen molar-refractivity contribution < 1.29 is 13.2 Å². The molecule has 1 fully saturated rings. The van der Waals surface area contributed by atoms with Gasteiger partial charge in [0, 0.05) is 30.4 Å². The Labute approximate surface area is 202 Å². The molecule has 0 bridgehead atoms. The molecule has 2 heterocycles. The molecule has 176 valence electrons. The van der Waals surface area contributed by atoms with Gasteiger partial charge in [-0.15, -0.1) is 0 Å². The highest BCUT2D eigenvalue weighted by atomic mass is 32.2. The van der Waals surface area contributed by atoms with Crippen LogP contribution in [0.2, 0.25) is 0 Å². The van der Waals surface area contributed by atoms with Gasteiger partial charge in [-0.25, -0.2) is 8.42 Å². The molecule has 2 aliphatic rings. The van der Waals surface area contributed by atoms with Crippen molar-refractivity contribution in [3.05, 3.63) is 95.6 Å². The zero-order valence-electron chi connectivity index (χ0n) is 19.4. The lowest BCUT2D eigenvalue weighted by molar-refractivity contribution is 0.0981. The van der Waals surface area contributed by atoms with Gasteiger partial charge >= 0.3 is 0 Å². The van der Waals surface area contributed by atoms with E-state index in [1.165, 1.54) is 5.56 Å². The standard InChI is InChI=1S/C28H30N2O3S/c1-21-18-25-20-26(12-13-27(25)30(21)28(31)24-10-6-3-7-11-24)34(32,33)29-16-14-23(15-17-29)19-22-8-4-2-5-9-22/h2-13,20-21,23H,14-19H2,1H3/t21-/m1/s1. The third-order valence-corrected chi connectivity index (χ3v) is 8.98. The molecule has 3 aromatic rings. The lowest BCUT2D eigenvalue weighted by Gasteiger charge is -2.31. The summed E-state index contributed by atoms with van der Waals surface area (Å²) in [5.74, 6) is 0.454. The summed E-state index contributed by atoms with van der Waals surface area (Å²) in [5.41, 5.74) is 3.67. The summed E-state index contributed by atoms with van der Waals surface area (Å²) >= 11 is 0. The first-order chi connectivity index (χ1) is 16.4. The second-order valence-electron chi connectivity index (χ2n) is 9.42. The van der Waals surface area contributed by atoms with E-state index >= 15 is 0 Å². The van der Waals surface area contributed by atoms with Crippen molar-refractivity contribution >= 4 is 21.6 Å². The first-order valence-corrected chi connectivity index (χ1v) is 13.4. The highest BCUT2D eigenvalue weighted by Crippen LogP contribution is 2.36. The molecule has 0 saturated carbocycles. The Morgan fingerprint density at radius 1 is 0.912 bits per heavy atom. The minimum Gasteiger partial charge on any atom is -0.305 e. The number of nitrogens with zero attached hydrogens (tertiary/aromatic N) is 2. The Bertz CT molecular complexity index is 1270. The number of carbonyl (C=O) groups is 1. The van der Waals surface area contributed by atoms with E-state index < -0.39 is 10.0 Å². The zero-order chi connectivity index (χ0) is 23.7. The maximum Gasteiger partial charge on any atom is 0.258 e. The number of hydrogen-bond donors (Lipinski definition) is 0. The quantitative estimate of drug-likeness (QED) is 0.527.